The van der Waals surface area contributed by atoms with Gasteiger partial charge in [0.1, 0.15) is 0 Å². The summed E-state index contributed by atoms with van der Waals surface area (Å²) in [7, 11) is 0. The number of para-hydroxylation sites is 2. The Kier molecular flexibility index (Phi) is 6.69. The van der Waals surface area contributed by atoms with Crippen LogP contribution in [0.1, 0.15) is 68.4 Å². The predicted molar refractivity (Wildman–Crippen MR) is 138 cm³/mol. The molecule has 0 bridgehead atoms. The Morgan fingerprint density at radius 1 is 0.857 bits per heavy atom. The van der Waals surface area contributed by atoms with Gasteiger partial charge in [-0.2, -0.15) is 0 Å². The Hall–Kier alpha value is -2.53. The molecule has 5 nitrogen and oxygen atoms in total. The second-order valence-corrected chi connectivity index (χ2v) is 11.0. The first-order valence-electron chi connectivity index (χ1n) is 13.7. The lowest BCUT2D eigenvalue weighted by atomic mass is 9.79. The number of nitrogens with zero attached hydrogens (tertiary/aromatic N) is 2. The number of piperidine rings is 1. The quantitative estimate of drug-likeness (QED) is 0.533. The van der Waals surface area contributed by atoms with Crippen LogP contribution in [-0.2, 0) is 11.2 Å². The van der Waals surface area contributed by atoms with E-state index in [2.05, 4.69) is 41.3 Å². The first-order valence-corrected chi connectivity index (χ1v) is 13.7. The lowest BCUT2D eigenvalue weighted by Gasteiger charge is -2.34. The summed E-state index contributed by atoms with van der Waals surface area (Å²) in [5, 5.41) is 0. The molecule has 35 heavy (non-hydrogen) atoms. The standard InChI is InChI=1S/C30H38N2O3/c33-29(32-19-15-25-4-1-2-6-27(25)32)20-23-10-8-22(9-11-23)12-16-31-17-13-24(14-18-31)26-5-3-7-28-30(26)35-21-34-28/h1-7,22-24H,8-21H2. The third-order valence-corrected chi connectivity index (χ3v) is 8.93. The molecule has 186 valence electrons. The molecule has 0 radical (unpaired) electrons. The van der Waals surface area contributed by atoms with E-state index in [-0.39, 0.29) is 0 Å². The highest BCUT2D eigenvalue weighted by atomic mass is 16.7. The number of hydrogen-bond acceptors (Lipinski definition) is 4. The summed E-state index contributed by atoms with van der Waals surface area (Å²) in [5.74, 6) is 4.21. The maximum Gasteiger partial charge on any atom is 0.231 e. The average molecular weight is 475 g/mol. The number of benzene rings is 2. The summed E-state index contributed by atoms with van der Waals surface area (Å²) in [5.41, 5.74) is 3.81. The predicted octanol–water partition coefficient (Wildman–Crippen LogP) is 5.77. The lowest BCUT2D eigenvalue weighted by molar-refractivity contribution is -0.119. The van der Waals surface area contributed by atoms with E-state index in [0.717, 1.165) is 42.5 Å². The summed E-state index contributed by atoms with van der Waals surface area (Å²) in [6.07, 6.45) is 10.5. The van der Waals surface area contributed by atoms with Gasteiger partial charge in [0.25, 0.3) is 0 Å². The molecule has 5 heteroatoms. The SMILES string of the molecule is O=C(CC1CCC(CCN2CCC(c3cccc4c3OCO4)CC2)CC1)N1CCc2ccccc21. The fourth-order valence-electron chi connectivity index (χ4n) is 6.79. The zero-order valence-corrected chi connectivity index (χ0v) is 20.8. The molecule has 3 heterocycles. The van der Waals surface area contributed by atoms with E-state index in [4.69, 9.17) is 9.47 Å². The molecule has 1 saturated heterocycles. The first-order chi connectivity index (χ1) is 17.2. The van der Waals surface area contributed by atoms with E-state index in [1.807, 2.05) is 11.0 Å². The zero-order valence-electron chi connectivity index (χ0n) is 20.8. The number of anilines is 1. The third-order valence-electron chi connectivity index (χ3n) is 8.93. The van der Waals surface area contributed by atoms with Crippen molar-refractivity contribution in [2.75, 3.05) is 37.9 Å². The van der Waals surface area contributed by atoms with Crippen molar-refractivity contribution in [1.29, 1.82) is 0 Å². The van der Waals surface area contributed by atoms with Gasteiger partial charge in [0.05, 0.1) is 0 Å². The van der Waals surface area contributed by atoms with Crippen LogP contribution in [0.25, 0.3) is 0 Å². The van der Waals surface area contributed by atoms with Gasteiger partial charge < -0.3 is 19.3 Å². The van der Waals surface area contributed by atoms with Crippen LogP contribution in [0.3, 0.4) is 0 Å². The molecule has 2 fully saturated rings. The molecule has 0 unspecified atom stereocenters. The Morgan fingerprint density at radius 3 is 2.51 bits per heavy atom. The molecule has 4 aliphatic rings. The van der Waals surface area contributed by atoms with Crippen molar-refractivity contribution >= 4 is 11.6 Å². The van der Waals surface area contributed by atoms with Gasteiger partial charge in [-0.25, -0.2) is 0 Å². The van der Waals surface area contributed by atoms with Crippen molar-refractivity contribution < 1.29 is 14.3 Å². The number of amides is 1. The number of likely N-dealkylation sites (tertiary alicyclic amines) is 1. The van der Waals surface area contributed by atoms with Crippen molar-refractivity contribution in [1.82, 2.24) is 4.90 Å². The van der Waals surface area contributed by atoms with Crippen LogP contribution in [0.4, 0.5) is 5.69 Å². The minimum atomic E-state index is 0.335. The minimum Gasteiger partial charge on any atom is -0.454 e. The van der Waals surface area contributed by atoms with Crippen LogP contribution >= 0.6 is 0 Å². The molecule has 0 spiro atoms. The summed E-state index contributed by atoms with van der Waals surface area (Å²) < 4.78 is 11.3. The maximum atomic E-state index is 13.0. The van der Waals surface area contributed by atoms with Gasteiger partial charge in [0, 0.05) is 24.2 Å². The Labute approximate surface area is 209 Å². The van der Waals surface area contributed by atoms with Crippen LogP contribution in [0.2, 0.25) is 0 Å². The van der Waals surface area contributed by atoms with Gasteiger partial charge in [-0.15, -0.1) is 0 Å². The summed E-state index contributed by atoms with van der Waals surface area (Å²) in [4.78, 5) is 17.7. The van der Waals surface area contributed by atoms with Gasteiger partial charge in [-0.1, -0.05) is 43.2 Å². The second-order valence-electron chi connectivity index (χ2n) is 11.0. The van der Waals surface area contributed by atoms with Crippen molar-refractivity contribution in [3.8, 4) is 11.5 Å². The van der Waals surface area contributed by atoms with Crippen molar-refractivity contribution in [3.63, 3.8) is 0 Å². The number of ether oxygens (including phenoxy) is 2. The van der Waals surface area contributed by atoms with E-state index >= 15 is 0 Å². The molecule has 2 aromatic carbocycles. The zero-order chi connectivity index (χ0) is 23.6. The van der Waals surface area contributed by atoms with Crippen LogP contribution in [-0.4, -0.2) is 43.8 Å². The molecule has 6 rings (SSSR count). The van der Waals surface area contributed by atoms with E-state index in [9.17, 15) is 4.79 Å². The average Bonchev–Trinajstić information content (AvgIpc) is 3.56. The third kappa shape index (κ3) is 4.93. The van der Waals surface area contributed by atoms with Gasteiger partial charge in [-0.3, -0.25) is 4.79 Å². The molecule has 1 aliphatic carbocycles. The Balaban J connectivity index is 0.916. The number of carbonyl (C=O) groups is 1. The molecule has 1 saturated carbocycles. The normalized spacial score (nSPS) is 24.5. The van der Waals surface area contributed by atoms with E-state index < -0.39 is 0 Å². The molecule has 1 amide bonds. The number of hydrogen-bond donors (Lipinski definition) is 0. The molecule has 0 aromatic heterocycles. The Morgan fingerprint density at radius 2 is 1.66 bits per heavy atom. The lowest BCUT2D eigenvalue weighted by Crippen LogP contribution is -2.35. The fraction of sp³-hybridized carbons (Fsp3) is 0.567. The summed E-state index contributed by atoms with van der Waals surface area (Å²) in [6, 6.07) is 14.7. The topological polar surface area (TPSA) is 42.0 Å². The first kappa shape index (κ1) is 22.9. The number of fused-ring (bicyclic) bond motifs is 2. The van der Waals surface area contributed by atoms with Crippen LogP contribution < -0.4 is 14.4 Å². The molecule has 0 N–H and O–H groups in total. The van der Waals surface area contributed by atoms with Crippen molar-refractivity contribution in [3.05, 3.63) is 53.6 Å². The van der Waals surface area contributed by atoms with Crippen LogP contribution in [0, 0.1) is 11.8 Å². The summed E-state index contributed by atoms with van der Waals surface area (Å²) >= 11 is 0. The van der Waals surface area contributed by atoms with Crippen LogP contribution in [0.15, 0.2) is 42.5 Å². The highest BCUT2D eigenvalue weighted by molar-refractivity contribution is 5.95. The summed E-state index contributed by atoms with van der Waals surface area (Å²) in [6.45, 7) is 4.79. The second kappa shape index (κ2) is 10.2. The highest BCUT2D eigenvalue weighted by Crippen LogP contribution is 2.42. The Bertz CT molecular complexity index is 1040. The van der Waals surface area contributed by atoms with Gasteiger partial charge in [-0.05, 0) is 93.6 Å². The molecule has 2 aromatic rings. The van der Waals surface area contributed by atoms with E-state index in [0.29, 0.717) is 24.5 Å². The van der Waals surface area contributed by atoms with Gasteiger partial charge in [0.2, 0.25) is 12.7 Å². The fourth-order valence-corrected chi connectivity index (χ4v) is 6.79. The highest BCUT2D eigenvalue weighted by Gasteiger charge is 2.30. The van der Waals surface area contributed by atoms with Crippen molar-refractivity contribution in [2.24, 2.45) is 11.8 Å². The smallest absolute Gasteiger partial charge is 0.231 e. The maximum absolute atomic E-state index is 13.0. The minimum absolute atomic E-state index is 0.335. The van der Waals surface area contributed by atoms with Gasteiger partial charge >= 0.3 is 0 Å². The molecule has 0 atom stereocenters. The van der Waals surface area contributed by atoms with E-state index in [1.165, 1.54) is 75.7 Å². The van der Waals surface area contributed by atoms with Crippen LogP contribution in [0.5, 0.6) is 11.5 Å². The molecular formula is C30H38N2O3. The van der Waals surface area contributed by atoms with Gasteiger partial charge in [0.15, 0.2) is 11.5 Å². The number of rotatable bonds is 6. The largest absolute Gasteiger partial charge is 0.454 e. The molecule has 3 aliphatic heterocycles. The van der Waals surface area contributed by atoms with Crippen molar-refractivity contribution in [2.45, 2.75) is 63.7 Å². The number of carbonyl (C=O) groups excluding carboxylic acids is 1. The van der Waals surface area contributed by atoms with E-state index in [1.54, 1.807) is 0 Å². The monoisotopic (exact) mass is 474 g/mol. The molecular weight excluding hydrogens is 436 g/mol.